The zero-order valence-corrected chi connectivity index (χ0v) is 13.5. The fourth-order valence-electron chi connectivity index (χ4n) is 1.54. The number of aromatic nitrogens is 4. The zero-order chi connectivity index (χ0) is 16.7. The predicted octanol–water partition coefficient (Wildman–Crippen LogP) is 1.07. The second kappa shape index (κ2) is 8.30. The first kappa shape index (κ1) is 17.0. The van der Waals surface area contributed by atoms with E-state index < -0.39 is 11.8 Å². The number of rotatable bonds is 6. The van der Waals surface area contributed by atoms with Crippen LogP contribution in [0.1, 0.15) is 10.4 Å². The lowest BCUT2D eigenvalue weighted by atomic mass is 10.2. The van der Waals surface area contributed by atoms with Crippen molar-refractivity contribution in [1.82, 2.24) is 31.1 Å². The average molecular weight is 353 g/mol. The van der Waals surface area contributed by atoms with Gasteiger partial charge in [0, 0.05) is 0 Å². The molecule has 2 rings (SSSR count). The minimum absolute atomic E-state index is 0.0420. The summed E-state index contributed by atoms with van der Waals surface area (Å²) in [4.78, 5) is 23.6. The molecule has 0 bridgehead atoms. The summed E-state index contributed by atoms with van der Waals surface area (Å²) in [6.07, 6.45) is 1.64. The lowest BCUT2D eigenvalue weighted by Crippen LogP contribution is -2.42. The van der Waals surface area contributed by atoms with Gasteiger partial charge in [-0.2, -0.15) is 0 Å². The highest BCUT2D eigenvalue weighted by molar-refractivity contribution is 7.99. The summed E-state index contributed by atoms with van der Waals surface area (Å²) in [7, 11) is 0. The minimum Gasteiger partial charge on any atom is -0.272 e. The molecular weight excluding hydrogens is 340 g/mol. The Bertz CT molecular complexity index is 720. The summed E-state index contributed by atoms with van der Waals surface area (Å²) in [6, 6.07) is 6.54. The Balaban J connectivity index is 1.81. The Morgan fingerprint density at radius 2 is 2.13 bits per heavy atom. The van der Waals surface area contributed by atoms with Gasteiger partial charge in [-0.15, -0.1) is 11.7 Å². The molecule has 0 aliphatic rings. The molecule has 0 saturated heterocycles. The number of halogens is 1. The summed E-state index contributed by atoms with van der Waals surface area (Å²) in [5, 5.41) is 11.9. The molecular formula is C13H13ClN6O2S. The van der Waals surface area contributed by atoms with Crippen molar-refractivity contribution in [3.8, 4) is 0 Å². The Morgan fingerprint density at radius 3 is 2.87 bits per heavy atom. The highest BCUT2D eigenvalue weighted by Crippen LogP contribution is 2.14. The largest absolute Gasteiger partial charge is 0.272 e. The van der Waals surface area contributed by atoms with E-state index in [9.17, 15) is 9.59 Å². The number of nitrogens with zero attached hydrogens (tertiary/aromatic N) is 4. The molecule has 0 unspecified atom stereocenters. The van der Waals surface area contributed by atoms with Gasteiger partial charge in [0.25, 0.3) is 5.91 Å². The van der Waals surface area contributed by atoms with E-state index in [0.29, 0.717) is 16.7 Å². The molecule has 0 saturated carbocycles. The van der Waals surface area contributed by atoms with Gasteiger partial charge < -0.3 is 0 Å². The quantitative estimate of drug-likeness (QED) is 0.458. The van der Waals surface area contributed by atoms with Crippen molar-refractivity contribution in [1.29, 1.82) is 0 Å². The zero-order valence-electron chi connectivity index (χ0n) is 11.9. The van der Waals surface area contributed by atoms with Gasteiger partial charge in [0.2, 0.25) is 11.1 Å². The number of hydrazine groups is 1. The maximum Gasteiger partial charge on any atom is 0.271 e. The van der Waals surface area contributed by atoms with Crippen molar-refractivity contribution < 1.29 is 9.59 Å². The molecule has 1 heterocycles. The van der Waals surface area contributed by atoms with Crippen molar-refractivity contribution in [2.24, 2.45) is 0 Å². The van der Waals surface area contributed by atoms with Crippen LogP contribution in [0.25, 0.3) is 0 Å². The van der Waals surface area contributed by atoms with Crippen LogP contribution >= 0.6 is 23.4 Å². The van der Waals surface area contributed by atoms with Gasteiger partial charge in [-0.1, -0.05) is 41.6 Å². The van der Waals surface area contributed by atoms with Crippen molar-refractivity contribution in [2.45, 2.75) is 11.7 Å². The summed E-state index contributed by atoms with van der Waals surface area (Å²) in [6.45, 7) is 4.04. The monoisotopic (exact) mass is 352 g/mol. The van der Waals surface area contributed by atoms with E-state index in [1.165, 1.54) is 4.68 Å². The number of hydrogen-bond donors (Lipinski definition) is 2. The Kier molecular flexibility index (Phi) is 6.12. The minimum atomic E-state index is -0.495. The molecule has 10 heteroatoms. The lowest BCUT2D eigenvalue weighted by Gasteiger charge is -2.08. The molecule has 0 radical (unpaired) electrons. The van der Waals surface area contributed by atoms with Gasteiger partial charge in [-0.3, -0.25) is 20.4 Å². The first-order chi connectivity index (χ1) is 11.1. The summed E-state index contributed by atoms with van der Waals surface area (Å²) < 4.78 is 1.51. The maximum absolute atomic E-state index is 11.9. The Morgan fingerprint density at radius 1 is 1.35 bits per heavy atom. The second-order valence-corrected chi connectivity index (χ2v) is 5.55. The van der Waals surface area contributed by atoms with Crippen LogP contribution in [-0.2, 0) is 11.3 Å². The van der Waals surface area contributed by atoms with Crippen molar-refractivity contribution in [3.63, 3.8) is 0 Å². The molecule has 120 valence electrons. The third-order valence-corrected chi connectivity index (χ3v) is 3.85. The van der Waals surface area contributed by atoms with Crippen molar-refractivity contribution in [2.75, 3.05) is 5.75 Å². The van der Waals surface area contributed by atoms with Crippen LogP contribution in [0, 0.1) is 0 Å². The van der Waals surface area contributed by atoms with Gasteiger partial charge in [-0.25, -0.2) is 4.68 Å². The van der Waals surface area contributed by atoms with Gasteiger partial charge in [0.1, 0.15) is 0 Å². The van der Waals surface area contributed by atoms with E-state index in [2.05, 4.69) is 33.0 Å². The molecule has 0 aliphatic carbocycles. The standard InChI is InChI=1S/C13H13ClN6O2S/c1-2-7-20-13(17-18-19-20)23-8-11(21)15-16-12(22)9-5-3-4-6-10(9)14/h2-6H,1,7-8H2,(H,15,21)(H,16,22). The molecule has 23 heavy (non-hydrogen) atoms. The first-order valence-corrected chi connectivity index (χ1v) is 7.81. The lowest BCUT2D eigenvalue weighted by molar-refractivity contribution is -0.119. The summed E-state index contributed by atoms with van der Waals surface area (Å²) >= 11 is 7.04. The Labute approximate surface area is 141 Å². The van der Waals surface area contributed by atoms with Crippen LogP contribution in [0.4, 0.5) is 0 Å². The number of hydrogen-bond acceptors (Lipinski definition) is 6. The molecule has 0 atom stereocenters. The van der Waals surface area contributed by atoms with Crippen LogP contribution < -0.4 is 10.9 Å². The maximum atomic E-state index is 11.9. The van der Waals surface area contributed by atoms with E-state index in [0.717, 1.165) is 11.8 Å². The molecule has 0 spiro atoms. The van der Waals surface area contributed by atoms with E-state index >= 15 is 0 Å². The SMILES string of the molecule is C=CCn1nnnc1SCC(=O)NNC(=O)c1ccccc1Cl. The van der Waals surface area contributed by atoms with Crippen molar-refractivity contribution in [3.05, 3.63) is 47.5 Å². The van der Waals surface area contributed by atoms with Gasteiger partial charge in [0.15, 0.2) is 0 Å². The van der Waals surface area contributed by atoms with E-state index in [-0.39, 0.29) is 11.3 Å². The summed E-state index contributed by atoms with van der Waals surface area (Å²) in [5.74, 6) is -0.852. The van der Waals surface area contributed by atoms with Crippen LogP contribution in [0.15, 0.2) is 42.1 Å². The molecule has 0 aliphatic heterocycles. The van der Waals surface area contributed by atoms with Gasteiger partial charge in [-0.05, 0) is 22.6 Å². The van der Waals surface area contributed by atoms with Gasteiger partial charge in [0.05, 0.1) is 22.9 Å². The van der Waals surface area contributed by atoms with E-state index in [1.807, 2.05) is 0 Å². The molecule has 1 aromatic heterocycles. The van der Waals surface area contributed by atoms with E-state index in [4.69, 9.17) is 11.6 Å². The normalized spacial score (nSPS) is 10.1. The molecule has 8 nitrogen and oxygen atoms in total. The van der Waals surface area contributed by atoms with Crippen LogP contribution in [0.3, 0.4) is 0 Å². The van der Waals surface area contributed by atoms with Gasteiger partial charge >= 0.3 is 0 Å². The topological polar surface area (TPSA) is 102 Å². The van der Waals surface area contributed by atoms with Crippen molar-refractivity contribution >= 4 is 35.2 Å². The number of benzene rings is 1. The highest BCUT2D eigenvalue weighted by atomic mass is 35.5. The number of carbonyl (C=O) groups excluding carboxylic acids is 2. The summed E-state index contributed by atoms with van der Waals surface area (Å²) in [5.41, 5.74) is 4.88. The number of tetrazole rings is 1. The average Bonchev–Trinajstić information content (AvgIpc) is 2.99. The number of nitrogens with one attached hydrogen (secondary N) is 2. The van der Waals surface area contributed by atoms with Crippen LogP contribution in [0.2, 0.25) is 5.02 Å². The van der Waals surface area contributed by atoms with Crippen LogP contribution in [0.5, 0.6) is 0 Å². The molecule has 2 amide bonds. The highest BCUT2D eigenvalue weighted by Gasteiger charge is 2.12. The van der Waals surface area contributed by atoms with Crippen LogP contribution in [-0.4, -0.2) is 37.8 Å². The fraction of sp³-hybridized carbons (Fsp3) is 0.154. The second-order valence-electron chi connectivity index (χ2n) is 4.20. The number of thioether (sulfide) groups is 1. The molecule has 2 N–H and O–H groups in total. The Hall–Kier alpha value is -2.39. The third kappa shape index (κ3) is 4.80. The fourth-order valence-corrected chi connectivity index (χ4v) is 2.45. The number of allylic oxidation sites excluding steroid dienone is 1. The molecule has 1 aromatic carbocycles. The number of amides is 2. The molecule has 0 fully saturated rings. The smallest absolute Gasteiger partial charge is 0.271 e. The first-order valence-electron chi connectivity index (χ1n) is 6.45. The number of carbonyl (C=O) groups is 2. The molecule has 2 aromatic rings. The third-order valence-electron chi connectivity index (χ3n) is 2.57. The van der Waals surface area contributed by atoms with E-state index in [1.54, 1.807) is 30.3 Å². The predicted molar refractivity (Wildman–Crippen MR) is 85.8 cm³/mol.